The summed E-state index contributed by atoms with van der Waals surface area (Å²) in [4.78, 5) is 13.3. The van der Waals surface area contributed by atoms with Gasteiger partial charge in [-0.2, -0.15) is 5.10 Å². The van der Waals surface area contributed by atoms with E-state index in [1.54, 1.807) is 28.0 Å². The predicted molar refractivity (Wildman–Crippen MR) is 49.4 cm³/mol. The monoisotopic (exact) mass is 195 g/mol. The quantitative estimate of drug-likeness (QED) is 0.690. The summed E-state index contributed by atoms with van der Waals surface area (Å²) in [5.74, 6) is 0.0188. The highest BCUT2D eigenvalue weighted by Crippen LogP contribution is 2.09. The maximum atomic E-state index is 11.6. The van der Waals surface area contributed by atoms with Crippen molar-refractivity contribution in [1.29, 1.82) is 0 Å². The van der Waals surface area contributed by atoms with Gasteiger partial charge in [0.25, 0.3) is 0 Å². The van der Waals surface area contributed by atoms with Crippen molar-refractivity contribution in [3.63, 3.8) is 0 Å². The smallest absolute Gasteiger partial charge is 0.244 e. The SMILES string of the molecule is O=C(Cn1cccn1)N1CC[C@@H](O)C1. The Balaban J connectivity index is 1.90. The fraction of sp³-hybridized carbons (Fsp3) is 0.556. The molecule has 2 heterocycles. The van der Waals surface area contributed by atoms with Gasteiger partial charge in [-0.05, 0) is 12.5 Å². The third-order valence-corrected chi connectivity index (χ3v) is 2.37. The topological polar surface area (TPSA) is 58.4 Å². The molecule has 0 spiro atoms. The van der Waals surface area contributed by atoms with E-state index in [1.807, 2.05) is 0 Å². The molecule has 14 heavy (non-hydrogen) atoms. The Morgan fingerprint density at radius 1 is 1.64 bits per heavy atom. The van der Waals surface area contributed by atoms with E-state index in [0.717, 1.165) is 0 Å². The average molecular weight is 195 g/mol. The van der Waals surface area contributed by atoms with Crippen molar-refractivity contribution >= 4 is 5.91 Å². The zero-order chi connectivity index (χ0) is 9.97. The first-order valence-corrected chi connectivity index (χ1v) is 4.69. The summed E-state index contributed by atoms with van der Waals surface area (Å²) in [6.07, 6.45) is 3.73. The molecule has 1 N–H and O–H groups in total. The van der Waals surface area contributed by atoms with Crippen molar-refractivity contribution in [2.75, 3.05) is 13.1 Å². The third kappa shape index (κ3) is 1.93. The fourth-order valence-corrected chi connectivity index (χ4v) is 1.60. The van der Waals surface area contributed by atoms with Gasteiger partial charge < -0.3 is 10.0 Å². The molecule has 1 aromatic rings. The molecule has 1 amide bonds. The normalized spacial score (nSPS) is 21.5. The number of carbonyl (C=O) groups excluding carboxylic acids is 1. The number of aliphatic hydroxyl groups excluding tert-OH is 1. The lowest BCUT2D eigenvalue weighted by molar-refractivity contribution is -0.131. The first-order valence-electron chi connectivity index (χ1n) is 4.69. The van der Waals surface area contributed by atoms with Crippen LogP contribution in [-0.2, 0) is 11.3 Å². The number of carbonyl (C=O) groups is 1. The number of hydrogen-bond donors (Lipinski definition) is 1. The van der Waals surface area contributed by atoms with Crippen LogP contribution in [0.3, 0.4) is 0 Å². The van der Waals surface area contributed by atoms with Crippen LogP contribution >= 0.6 is 0 Å². The van der Waals surface area contributed by atoms with Gasteiger partial charge in [-0.15, -0.1) is 0 Å². The summed E-state index contributed by atoms with van der Waals surface area (Å²) in [7, 11) is 0. The number of aromatic nitrogens is 2. The van der Waals surface area contributed by atoms with Crippen LogP contribution in [0.1, 0.15) is 6.42 Å². The first-order chi connectivity index (χ1) is 6.75. The number of likely N-dealkylation sites (tertiary alicyclic amines) is 1. The van der Waals surface area contributed by atoms with Gasteiger partial charge in [0.15, 0.2) is 0 Å². The molecule has 1 atom stereocenters. The van der Waals surface area contributed by atoms with Gasteiger partial charge in [0.2, 0.25) is 5.91 Å². The number of nitrogens with zero attached hydrogens (tertiary/aromatic N) is 3. The molecule has 5 heteroatoms. The highest BCUT2D eigenvalue weighted by atomic mass is 16.3. The Morgan fingerprint density at radius 3 is 3.07 bits per heavy atom. The maximum absolute atomic E-state index is 11.6. The van der Waals surface area contributed by atoms with Crippen molar-refractivity contribution in [2.45, 2.75) is 19.1 Å². The van der Waals surface area contributed by atoms with Gasteiger partial charge in [0, 0.05) is 25.5 Å². The summed E-state index contributed by atoms with van der Waals surface area (Å²) in [6, 6.07) is 1.78. The molecule has 0 unspecified atom stereocenters. The summed E-state index contributed by atoms with van der Waals surface area (Å²) in [6.45, 7) is 1.38. The summed E-state index contributed by atoms with van der Waals surface area (Å²) >= 11 is 0. The highest BCUT2D eigenvalue weighted by molar-refractivity contribution is 5.76. The van der Waals surface area contributed by atoms with Gasteiger partial charge in [-0.25, -0.2) is 0 Å². The van der Waals surface area contributed by atoms with E-state index in [0.29, 0.717) is 19.5 Å². The van der Waals surface area contributed by atoms with Gasteiger partial charge in [0.05, 0.1) is 6.10 Å². The largest absolute Gasteiger partial charge is 0.391 e. The number of amides is 1. The lowest BCUT2D eigenvalue weighted by Gasteiger charge is -2.15. The molecule has 5 nitrogen and oxygen atoms in total. The van der Waals surface area contributed by atoms with E-state index in [1.165, 1.54) is 0 Å². The fourth-order valence-electron chi connectivity index (χ4n) is 1.60. The first kappa shape index (κ1) is 9.21. The van der Waals surface area contributed by atoms with Crippen LogP contribution in [0, 0.1) is 0 Å². The molecular formula is C9H13N3O2. The van der Waals surface area contributed by atoms with E-state index in [-0.39, 0.29) is 18.6 Å². The lowest BCUT2D eigenvalue weighted by atomic mass is 10.3. The molecule has 0 saturated carbocycles. The molecule has 1 saturated heterocycles. The van der Waals surface area contributed by atoms with Crippen molar-refractivity contribution in [2.24, 2.45) is 0 Å². The van der Waals surface area contributed by atoms with Crippen molar-refractivity contribution in [3.8, 4) is 0 Å². The zero-order valence-corrected chi connectivity index (χ0v) is 7.83. The standard InChI is InChI=1S/C9H13N3O2/c13-8-2-5-11(6-8)9(14)7-12-4-1-3-10-12/h1,3-4,8,13H,2,5-7H2/t8-/m1/s1. The number of aliphatic hydroxyl groups is 1. The van der Waals surface area contributed by atoms with Crippen LogP contribution in [0.25, 0.3) is 0 Å². The van der Waals surface area contributed by atoms with E-state index in [9.17, 15) is 9.90 Å². The van der Waals surface area contributed by atoms with E-state index >= 15 is 0 Å². The van der Waals surface area contributed by atoms with Crippen LogP contribution in [0.4, 0.5) is 0 Å². The minimum atomic E-state index is -0.350. The van der Waals surface area contributed by atoms with Crippen LogP contribution in [0.15, 0.2) is 18.5 Å². The molecular weight excluding hydrogens is 182 g/mol. The highest BCUT2D eigenvalue weighted by Gasteiger charge is 2.24. The Hall–Kier alpha value is -1.36. The summed E-state index contributed by atoms with van der Waals surface area (Å²) in [5.41, 5.74) is 0. The molecule has 1 aliphatic rings. The van der Waals surface area contributed by atoms with Crippen molar-refractivity contribution in [3.05, 3.63) is 18.5 Å². The second kappa shape index (κ2) is 3.79. The Bertz CT molecular complexity index is 310. The Morgan fingerprint density at radius 2 is 2.50 bits per heavy atom. The molecule has 0 bridgehead atoms. The summed E-state index contributed by atoms with van der Waals surface area (Å²) < 4.78 is 1.59. The van der Waals surface area contributed by atoms with E-state index in [2.05, 4.69) is 5.10 Å². The Labute approximate surface area is 81.9 Å². The minimum absolute atomic E-state index is 0.0188. The molecule has 1 fully saturated rings. The Kier molecular flexibility index (Phi) is 2.49. The molecule has 1 aliphatic heterocycles. The van der Waals surface area contributed by atoms with Gasteiger partial charge >= 0.3 is 0 Å². The average Bonchev–Trinajstić information content (AvgIpc) is 2.75. The number of hydrogen-bond acceptors (Lipinski definition) is 3. The van der Waals surface area contributed by atoms with Crippen LogP contribution in [0.2, 0.25) is 0 Å². The van der Waals surface area contributed by atoms with E-state index in [4.69, 9.17) is 0 Å². The second-order valence-electron chi connectivity index (χ2n) is 3.49. The predicted octanol–water partition coefficient (Wildman–Crippen LogP) is -0.524. The maximum Gasteiger partial charge on any atom is 0.244 e. The lowest BCUT2D eigenvalue weighted by Crippen LogP contribution is -2.32. The minimum Gasteiger partial charge on any atom is -0.391 e. The van der Waals surface area contributed by atoms with E-state index < -0.39 is 0 Å². The summed E-state index contributed by atoms with van der Waals surface area (Å²) in [5, 5.41) is 13.2. The van der Waals surface area contributed by atoms with Crippen LogP contribution in [0.5, 0.6) is 0 Å². The van der Waals surface area contributed by atoms with Gasteiger partial charge in [-0.1, -0.05) is 0 Å². The molecule has 0 radical (unpaired) electrons. The second-order valence-corrected chi connectivity index (χ2v) is 3.49. The number of β-amino-alcohol motifs (C(OH)–C–C–N with tert-alkyl or cyclic N) is 1. The van der Waals surface area contributed by atoms with Gasteiger partial charge in [0.1, 0.15) is 6.54 Å². The third-order valence-electron chi connectivity index (χ3n) is 2.37. The molecule has 1 aromatic heterocycles. The molecule has 0 aromatic carbocycles. The molecule has 0 aliphatic carbocycles. The molecule has 76 valence electrons. The van der Waals surface area contributed by atoms with Crippen molar-refractivity contribution < 1.29 is 9.90 Å². The van der Waals surface area contributed by atoms with Crippen LogP contribution < -0.4 is 0 Å². The zero-order valence-electron chi connectivity index (χ0n) is 7.83. The molecule has 2 rings (SSSR count). The van der Waals surface area contributed by atoms with Crippen LogP contribution in [-0.4, -0.2) is 44.9 Å². The van der Waals surface area contributed by atoms with Gasteiger partial charge in [-0.3, -0.25) is 9.48 Å². The van der Waals surface area contributed by atoms with Crippen molar-refractivity contribution in [1.82, 2.24) is 14.7 Å². The number of rotatable bonds is 2.